The van der Waals surface area contributed by atoms with Crippen LogP contribution in [0.1, 0.15) is 0 Å². The Hall–Kier alpha value is -1.81. The van der Waals surface area contributed by atoms with E-state index >= 15 is 0 Å². The van der Waals surface area contributed by atoms with Gasteiger partial charge in [-0.3, -0.25) is 0 Å². The summed E-state index contributed by atoms with van der Waals surface area (Å²) in [5.74, 6) is 0. The van der Waals surface area contributed by atoms with E-state index in [0.29, 0.717) is 10.6 Å². The molecular formula is C14H11NO2S2. The monoisotopic (exact) mass is 289 g/mol. The summed E-state index contributed by atoms with van der Waals surface area (Å²) in [6.45, 7) is 0. The normalized spacial score (nSPS) is 10.8. The third kappa shape index (κ3) is 3.35. The summed E-state index contributed by atoms with van der Waals surface area (Å²) in [6.07, 6.45) is 1.19. The molecule has 0 amide bonds. The Labute approximate surface area is 117 Å². The van der Waals surface area contributed by atoms with E-state index in [1.54, 1.807) is 18.2 Å². The van der Waals surface area contributed by atoms with E-state index < -0.39 is 9.84 Å². The highest BCUT2D eigenvalue weighted by molar-refractivity contribution is 7.90. The predicted octanol–water partition coefficient (Wildman–Crippen LogP) is 3.49. The first-order valence-electron chi connectivity index (χ1n) is 5.49. The van der Waals surface area contributed by atoms with E-state index in [9.17, 15) is 8.42 Å². The molecule has 0 radical (unpaired) electrons. The molecule has 0 bridgehead atoms. The van der Waals surface area contributed by atoms with Gasteiger partial charge in [0.1, 0.15) is 0 Å². The van der Waals surface area contributed by atoms with Crippen molar-refractivity contribution in [1.82, 2.24) is 0 Å². The van der Waals surface area contributed by atoms with Crippen molar-refractivity contribution in [2.24, 2.45) is 4.99 Å². The van der Waals surface area contributed by atoms with Crippen molar-refractivity contribution in [2.45, 2.75) is 4.90 Å². The van der Waals surface area contributed by atoms with Gasteiger partial charge in [0.2, 0.25) is 0 Å². The second kappa shape index (κ2) is 5.45. The van der Waals surface area contributed by atoms with E-state index in [4.69, 9.17) is 0 Å². The highest BCUT2D eigenvalue weighted by Gasteiger charge is 2.08. The molecule has 0 fully saturated rings. The lowest BCUT2D eigenvalue weighted by Gasteiger charge is -2.05. The van der Waals surface area contributed by atoms with Gasteiger partial charge in [0.15, 0.2) is 9.84 Å². The molecule has 0 atom stereocenters. The lowest BCUT2D eigenvalue weighted by atomic mass is 10.1. The van der Waals surface area contributed by atoms with Gasteiger partial charge in [0.25, 0.3) is 0 Å². The van der Waals surface area contributed by atoms with Crippen molar-refractivity contribution in [2.75, 3.05) is 6.26 Å². The van der Waals surface area contributed by atoms with E-state index in [1.165, 1.54) is 6.26 Å². The molecule has 0 saturated carbocycles. The Balaban J connectivity index is 2.53. The van der Waals surface area contributed by atoms with Gasteiger partial charge in [-0.05, 0) is 47.6 Å². The highest BCUT2D eigenvalue weighted by atomic mass is 32.2. The zero-order chi connectivity index (χ0) is 13.9. The van der Waals surface area contributed by atoms with E-state index in [0.717, 1.165) is 11.1 Å². The molecule has 3 nitrogen and oxygen atoms in total. The molecule has 5 heteroatoms. The Kier molecular flexibility index (Phi) is 3.90. The average molecular weight is 289 g/mol. The van der Waals surface area contributed by atoms with Crippen molar-refractivity contribution >= 4 is 32.9 Å². The number of hydrogen-bond donors (Lipinski definition) is 0. The summed E-state index contributed by atoms with van der Waals surface area (Å²) >= 11 is 4.57. The summed E-state index contributed by atoms with van der Waals surface area (Å²) in [5, 5.41) is 2.31. The van der Waals surface area contributed by atoms with Gasteiger partial charge in [-0.1, -0.05) is 24.3 Å². The summed E-state index contributed by atoms with van der Waals surface area (Å²) in [4.78, 5) is 4.21. The topological polar surface area (TPSA) is 46.5 Å². The minimum absolute atomic E-state index is 0.300. The minimum atomic E-state index is -3.21. The van der Waals surface area contributed by atoms with Crippen molar-refractivity contribution in [3.63, 3.8) is 0 Å². The lowest BCUT2D eigenvalue weighted by molar-refractivity contribution is 0.602. The molecule has 2 rings (SSSR count). The SMILES string of the molecule is CS(=O)(=O)c1cccc(-c2cccc(N=C=S)c2)c1. The molecule has 0 aliphatic heterocycles. The number of rotatable bonds is 3. The van der Waals surface area contributed by atoms with Crippen LogP contribution < -0.4 is 0 Å². The maximum atomic E-state index is 11.5. The second-order valence-corrected chi connectivity index (χ2v) is 6.25. The third-order valence-corrected chi connectivity index (χ3v) is 3.82. The molecule has 0 saturated heterocycles. The van der Waals surface area contributed by atoms with Crippen molar-refractivity contribution in [3.8, 4) is 11.1 Å². The summed E-state index contributed by atoms with van der Waals surface area (Å²) in [7, 11) is -3.21. The summed E-state index contributed by atoms with van der Waals surface area (Å²) in [6, 6.07) is 14.2. The molecule has 0 aliphatic carbocycles. The third-order valence-electron chi connectivity index (χ3n) is 2.62. The van der Waals surface area contributed by atoms with E-state index in [-0.39, 0.29) is 0 Å². The first-order chi connectivity index (χ1) is 9.00. The summed E-state index contributed by atoms with van der Waals surface area (Å²) < 4.78 is 23.1. The maximum absolute atomic E-state index is 11.5. The fraction of sp³-hybridized carbons (Fsp3) is 0.0714. The van der Waals surface area contributed by atoms with Crippen molar-refractivity contribution in [3.05, 3.63) is 48.5 Å². The van der Waals surface area contributed by atoms with Crippen molar-refractivity contribution < 1.29 is 8.42 Å². The molecule has 0 spiro atoms. The fourth-order valence-corrected chi connectivity index (χ4v) is 2.49. The minimum Gasteiger partial charge on any atom is -0.224 e. The van der Waals surface area contributed by atoms with Gasteiger partial charge < -0.3 is 0 Å². The van der Waals surface area contributed by atoms with Crippen LogP contribution in [0.5, 0.6) is 0 Å². The Morgan fingerprint density at radius 3 is 2.32 bits per heavy atom. The average Bonchev–Trinajstić information content (AvgIpc) is 2.39. The molecule has 0 N–H and O–H groups in total. The Morgan fingerprint density at radius 1 is 1.05 bits per heavy atom. The van der Waals surface area contributed by atoms with Gasteiger partial charge in [-0.15, -0.1) is 0 Å². The quantitative estimate of drug-likeness (QED) is 0.642. The fourth-order valence-electron chi connectivity index (χ4n) is 1.71. The van der Waals surface area contributed by atoms with Gasteiger partial charge >= 0.3 is 0 Å². The lowest BCUT2D eigenvalue weighted by Crippen LogP contribution is -1.96. The van der Waals surface area contributed by atoms with Crippen LogP contribution in [0.25, 0.3) is 11.1 Å². The Bertz CT molecular complexity index is 761. The van der Waals surface area contributed by atoms with Gasteiger partial charge in [-0.2, -0.15) is 4.99 Å². The molecule has 0 aromatic heterocycles. The van der Waals surface area contributed by atoms with Crippen LogP contribution in [0.3, 0.4) is 0 Å². The number of nitrogens with zero attached hydrogens (tertiary/aromatic N) is 1. The smallest absolute Gasteiger partial charge is 0.175 e. The molecular weight excluding hydrogens is 278 g/mol. The largest absolute Gasteiger partial charge is 0.224 e. The highest BCUT2D eigenvalue weighted by Crippen LogP contribution is 2.25. The number of benzene rings is 2. The second-order valence-electron chi connectivity index (χ2n) is 4.05. The molecule has 2 aromatic rings. The Morgan fingerprint density at radius 2 is 1.68 bits per heavy atom. The van der Waals surface area contributed by atoms with Gasteiger partial charge in [-0.25, -0.2) is 8.42 Å². The van der Waals surface area contributed by atoms with Crippen LogP contribution in [0.2, 0.25) is 0 Å². The van der Waals surface area contributed by atoms with E-state index in [1.807, 2.05) is 30.3 Å². The number of aliphatic imine (C=N–C) groups is 1. The van der Waals surface area contributed by atoms with Crippen LogP contribution >= 0.6 is 12.2 Å². The van der Waals surface area contributed by atoms with Crippen molar-refractivity contribution in [1.29, 1.82) is 0 Å². The standard InChI is InChI=1S/C14H11NO2S2/c1-19(16,17)14-7-3-5-12(9-14)11-4-2-6-13(8-11)15-10-18/h2-9H,1H3. The first kappa shape index (κ1) is 13.6. The molecule has 2 aromatic carbocycles. The van der Waals surface area contributed by atoms with Crippen LogP contribution in [0, 0.1) is 0 Å². The summed E-state index contributed by atoms with van der Waals surface area (Å²) in [5.41, 5.74) is 2.40. The predicted molar refractivity (Wildman–Crippen MR) is 79.7 cm³/mol. The number of sulfone groups is 1. The van der Waals surface area contributed by atoms with Gasteiger partial charge in [0, 0.05) is 6.26 Å². The molecule has 19 heavy (non-hydrogen) atoms. The molecule has 0 heterocycles. The molecule has 0 aliphatic rings. The zero-order valence-electron chi connectivity index (χ0n) is 10.2. The van der Waals surface area contributed by atoms with Crippen LogP contribution in [0.15, 0.2) is 58.4 Å². The number of isothiocyanates is 1. The van der Waals surface area contributed by atoms with Crippen LogP contribution in [0.4, 0.5) is 5.69 Å². The number of thiocarbonyl (C=S) groups is 1. The zero-order valence-corrected chi connectivity index (χ0v) is 11.8. The molecule has 96 valence electrons. The van der Waals surface area contributed by atoms with Gasteiger partial charge in [0.05, 0.1) is 15.7 Å². The van der Waals surface area contributed by atoms with Crippen LogP contribution in [-0.2, 0) is 9.84 Å². The first-order valence-corrected chi connectivity index (χ1v) is 7.79. The number of hydrogen-bond acceptors (Lipinski definition) is 4. The maximum Gasteiger partial charge on any atom is 0.175 e. The van der Waals surface area contributed by atoms with Crippen LogP contribution in [-0.4, -0.2) is 19.8 Å². The van der Waals surface area contributed by atoms with E-state index in [2.05, 4.69) is 22.4 Å². The molecule has 0 unspecified atom stereocenters.